The van der Waals surface area contributed by atoms with Crippen molar-refractivity contribution in [2.24, 2.45) is 0 Å². The lowest BCUT2D eigenvalue weighted by molar-refractivity contribution is 0.0577. The zero-order valence-electron chi connectivity index (χ0n) is 8.75. The van der Waals surface area contributed by atoms with Crippen molar-refractivity contribution in [2.45, 2.75) is 25.9 Å². The molecule has 1 atom stereocenters. The van der Waals surface area contributed by atoms with Gasteiger partial charge in [-0.25, -0.2) is 0 Å². The van der Waals surface area contributed by atoms with Crippen LogP contribution in [-0.4, -0.2) is 5.11 Å². The highest BCUT2D eigenvalue weighted by Gasteiger charge is 2.22. The summed E-state index contributed by atoms with van der Waals surface area (Å²) < 4.78 is 0. The smallest absolute Gasteiger partial charge is 0.0911 e. The lowest BCUT2D eigenvalue weighted by Gasteiger charge is -2.23. The van der Waals surface area contributed by atoms with Crippen molar-refractivity contribution < 1.29 is 5.11 Å². The van der Waals surface area contributed by atoms with E-state index in [9.17, 15) is 5.11 Å². The maximum atomic E-state index is 10.2. The van der Waals surface area contributed by atoms with E-state index in [4.69, 9.17) is 0 Å². The van der Waals surface area contributed by atoms with Gasteiger partial charge in [-0.3, -0.25) is 0 Å². The molecule has 1 nitrogen and oxygen atoms in total. The van der Waals surface area contributed by atoms with Crippen LogP contribution in [0.1, 0.15) is 25.8 Å². The van der Waals surface area contributed by atoms with Crippen LogP contribution < -0.4 is 0 Å². The zero-order valence-corrected chi connectivity index (χ0v) is 8.75. The molecule has 0 fully saturated rings. The van der Waals surface area contributed by atoms with Crippen LogP contribution in [0.3, 0.4) is 0 Å². The van der Waals surface area contributed by atoms with Crippen LogP contribution >= 0.6 is 0 Å². The molecule has 0 spiro atoms. The lowest BCUT2D eigenvalue weighted by Crippen LogP contribution is -2.21. The third-order valence-corrected chi connectivity index (χ3v) is 2.31. The van der Waals surface area contributed by atoms with E-state index in [0.717, 1.165) is 11.1 Å². The first-order valence-electron chi connectivity index (χ1n) is 4.69. The van der Waals surface area contributed by atoms with E-state index in [1.54, 1.807) is 0 Å². The van der Waals surface area contributed by atoms with Crippen LogP contribution in [0.15, 0.2) is 48.2 Å². The molecule has 0 radical (unpaired) electrons. The van der Waals surface area contributed by atoms with Gasteiger partial charge in [0, 0.05) is 6.42 Å². The van der Waals surface area contributed by atoms with Crippen LogP contribution in [0.4, 0.5) is 0 Å². The Morgan fingerprint density at radius 3 is 2.50 bits per heavy atom. The summed E-state index contributed by atoms with van der Waals surface area (Å²) in [4.78, 5) is 0. The molecular weight excluding hydrogens is 172 g/mol. The zero-order chi connectivity index (χ0) is 10.6. The van der Waals surface area contributed by atoms with Crippen LogP contribution in [0.2, 0.25) is 0 Å². The summed E-state index contributed by atoms with van der Waals surface area (Å²) >= 11 is 0. The van der Waals surface area contributed by atoms with E-state index >= 15 is 0 Å². The second-order valence-electron chi connectivity index (χ2n) is 3.77. The molecule has 0 bridgehead atoms. The molecule has 0 aliphatic rings. The van der Waals surface area contributed by atoms with Crippen molar-refractivity contribution in [1.29, 1.82) is 0 Å². The monoisotopic (exact) mass is 188 g/mol. The second-order valence-corrected chi connectivity index (χ2v) is 3.77. The number of rotatable bonds is 3. The third-order valence-electron chi connectivity index (χ3n) is 2.31. The Labute approximate surface area is 85.4 Å². The van der Waals surface area contributed by atoms with Crippen LogP contribution in [-0.2, 0) is 5.60 Å². The first-order chi connectivity index (χ1) is 6.56. The fourth-order valence-electron chi connectivity index (χ4n) is 1.48. The summed E-state index contributed by atoms with van der Waals surface area (Å²) in [5.74, 6) is 0. The largest absolute Gasteiger partial charge is 0.385 e. The fraction of sp³-hybridized carbons (Fsp3) is 0.308. The lowest BCUT2D eigenvalue weighted by atomic mass is 9.90. The van der Waals surface area contributed by atoms with E-state index in [-0.39, 0.29) is 0 Å². The molecule has 74 valence electrons. The van der Waals surface area contributed by atoms with Crippen LogP contribution in [0, 0.1) is 0 Å². The SMILES string of the molecule is C=C=C(C)CC(C)(O)c1ccccc1. The average Bonchev–Trinajstić information content (AvgIpc) is 2.18. The summed E-state index contributed by atoms with van der Waals surface area (Å²) in [5.41, 5.74) is 3.87. The molecule has 1 aromatic rings. The molecule has 0 heterocycles. The van der Waals surface area contributed by atoms with E-state index in [0.29, 0.717) is 6.42 Å². The molecule has 0 aliphatic heterocycles. The van der Waals surface area contributed by atoms with Gasteiger partial charge in [0.15, 0.2) is 0 Å². The second kappa shape index (κ2) is 4.28. The Morgan fingerprint density at radius 1 is 1.43 bits per heavy atom. The predicted octanol–water partition coefficient (Wildman–Crippen LogP) is 3.02. The molecule has 0 saturated carbocycles. The number of hydrogen-bond donors (Lipinski definition) is 1. The van der Waals surface area contributed by atoms with Gasteiger partial charge in [0.05, 0.1) is 5.60 Å². The van der Waals surface area contributed by atoms with Crippen LogP contribution in [0.5, 0.6) is 0 Å². The normalized spacial score (nSPS) is 14.2. The fourth-order valence-corrected chi connectivity index (χ4v) is 1.48. The highest BCUT2D eigenvalue weighted by atomic mass is 16.3. The van der Waals surface area contributed by atoms with Gasteiger partial charge in [0.25, 0.3) is 0 Å². The summed E-state index contributed by atoms with van der Waals surface area (Å²) in [5, 5.41) is 10.2. The minimum absolute atomic E-state index is 0.570. The van der Waals surface area contributed by atoms with Crippen molar-refractivity contribution in [3.05, 3.63) is 53.8 Å². The van der Waals surface area contributed by atoms with Crippen molar-refractivity contribution in [3.63, 3.8) is 0 Å². The Kier molecular flexibility index (Phi) is 3.29. The summed E-state index contributed by atoms with van der Waals surface area (Å²) in [6.07, 6.45) is 0.570. The average molecular weight is 188 g/mol. The molecule has 1 heteroatoms. The van der Waals surface area contributed by atoms with Gasteiger partial charge >= 0.3 is 0 Å². The first kappa shape index (κ1) is 10.8. The Balaban J connectivity index is 2.91. The van der Waals surface area contributed by atoms with Crippen molar-refractivity contribution in [2.75, 3.05) is 0 Å². The van der Waals surface area contributed by atoms with E-state index in [2.05, 4.69) is 12.3 Å². The molecule has 0 saturated heterocycles. The quantitative estimate of drug-likeness (QED) is 0.723. The standard InChI is InChI=1S/C13H16O/c1-4-11(2)10-13(3,14)12-8-6-5-7-9-12/h5-9,14H,1,10H2,2-3H3. The van der Waals surface area contributed by atoms with Gasteiger partial charge in [-0.05, 0) is 25.0 Å². The maximum Gasteiger partial charge on any atom is 0.0911 e. The maximum absolute atomic E-state index is 10.2. The van der Waals surface area contributed by atoms with Gasteiger partial charge in [0.2, 0.25) is 0 Å². The highest BCUT2D eigenvalue weighted by molar-refractivity contribution is 5.23. The van der Waals surface area contributed by atoms with Gasteiger partial charge in [0.1, 0.15) is 0 Å². The van der Waals surface area contributed by atoms with Crippen molar-refractivity contribution >= 4 is 0 Å². The van der Waals surface area contributed by atoms with Gasteiger partial charge in [-0.2, -0.15) is 0 Å². The molecule has 1 rings (SSSR count). The Bertz CT molecular complexity index is 343. The minimum atomic E-state index is -0.823. The molecule has 1 N–H and O–H groups in total. The van der Waals surface area contributed by atoms with Gasteiger partial charge < -0.3 is 5.11 Å². The summed E-state index contributed by atoms with van der Waals surface area (Å²) in [7, 11) is 0. The summed E-state index contributed by atoms with van der Waals surface area (Å²) in [6, 6.07) is 9.65. The van der Waals surface area contributed by atoms with Crippen molar-refractivity contribution in [1.82, 2.24) is 0 Å². The summed E-state index contributed by atoms with van der Waals surface area (Å²) in [6.45, 7) is 7.30. The van der Waals surface area contributed by atoms with E-state index < -0.39 is 5.60 Å². The molecular formula is C13H16O. The van der Waals surface area contributed by atoms with E-state index in [1.165, 1.54) is 0 Å². The third kappa shape index (κ3) is 2.59. The molecule has 14 heavy (non-hydrogen) atoms. The molecule has 1 aromatic carbocycles. The number of hydrogen-bond acceptors (Lipinski definition) is 1. The minimum Gasteiger partial charge on any atom is -0.385 e. The molecule has 1 unspecified atom stereocenters. The number of aliphatic hydroxyl groups is 1. The predicted molar refractivity (Wildman–Crippen MR) is 59.0 cm³/mol. The van der Waals surface area contributed by atoms with Gasteiger partial charge in [-0.1, -0.05) is 36.9 Å². The molecule has 0 amide bonds. The topological polar surface area (TPSA) is 20.2 Å². The van der Waals surface area contributed by atoms with Gasteiger partial charge in [-0.15, -0.1) is 5.73 Å². The molecule has 0 aliphatic carbocycles. The Morgan fingerprint density at radius 2 is 2.00 bits per heavy atom. The van der Waals surface area contributed by atoms with E-state index in [1.807, 2.05) is 44.2 Å². The number of benzene rings is 1. The Hall–Kier alpha value is -1.30. The van der Waals surface area contributed by atoms with Crippen LogP contribution in [0.25, 0.3) is 0 Å². The molecule has 0 aromatic heterocycles. The van der Waals surface area contributed by atoms with Crippen molar-refractivity contribution in [3.8, 4) is 0 Å². The highest BCUT2D eigenvalue weighted by Crippen LogP contribution is 2.26. The first-order valence-corrected chi connectivity index (χ1v) is 4.69.